The van der Waals surface area contributed by atoms with Crippen molar-refractivity contribution in [3.63, 3.8) is 0 Å². The topological polar surface area (TPSA) is 58.9 Å². The third-order valence-corrected chi connectivity index (χ3v) is 2.48. The van der Waals surface area contributed by atoms with Crippen molar-refractivity contribution < 1.29 is 13.2 Å². The highest BCUT2D eigenvalue weighted by atomic mass is 19.4. The summed E-state index contributed by atoms with van der Waals surface area (Å²) < 4.78 is 38.4. The number of nitrogens with two attached hydrogens (primary N) is 1. The molecule has 0 saturated carbocycles. The van der Waals surface area contributed by atoms with Crippen molar-refractivity contribution in [2.75, 3.05) is 5.73 Å². The largest absolute Gasteiger partial charge is 0.417 e. The average molecular weight is 254 g/mol. The Hall–Kier alpha value is -2.24. The van der Waals surface area contributed by atoms with Crippen LogP contribution in [0.4, 0.5) is 18.9 Å². The van der Waals surface area contributed by atoms with Crippen molar-refractivity contribution >= 4 is 5.69 Å². The number of alkyl halides is 3. The van der Waals surface area contributed by atoms with Crippen LogP contribution in [0.25, 0.3) is 11.1 Å². The minimum atomic E-state index is -4.46. The number of aromatic amines is 1. The lowest BCUT2D eigenvalue weighted by Gasteiger charge is -2.12. The maximum Gasteiger partial charge on any atom is 0.417 e. The Morgan fingerprint density at radius 2 is 1.83 bits per heavy atom. The molecule has 0 bridgehead atoms. The van der Waals surface area contributed by atoms with Crippen LogP contribution >= 0.6 is 0 Å². The van der Waals surface area contributed by atoms with E-state index < -0.39 is 17.3 Å². The molecule has 6 heteroatoms. The summed E-state index contributed by atoms with van der Waals surface area (Å²) in [6.07, 6.45) is -3.25. The fourth-order valence-electron chi connectivity index (χ4n) is 1.64. The SMILES string of the molecule is Nc1cc(-c2ccccc2C(F)(F)F)c[nH]c1=O. The summed E-state index contributed by atoms with van der Waals surface area (Å²) in [7, 11) is 0. The molecule has 0 atom stereocenters. The van der Waals surface area contributed by atoms with Crippen LogP contribution in [0.3, 0.4) is 0 Å². The lowest BCUT2D eigenvalue weighted by atomic mass is 10.0. The molecule has 1 aromatic carbocycles. The fraction of sp³-hybridized carbons (Fsp3) is 0.0833. The van der Waals surface area contributed by atoms with Gasteiger partial charge in [-0.25, -0.2) is 0 Å². The maximum atomic E-state index is 12.8. The first-order chi connectivity index (χ1) is 8.39. The Bertz CT molecular complexity index is 632. The first kappa shape index (κ1) is 12.2. The van der Waals surface area contributed by atoms with Crippen LogP contribution in [0.1, 0.15) is 5.56 Å². The summed E-state index contributed by atoms with van der Waals surface area (Å²) >= 11 is 0. The van der Waals surface area contributed by atoms with Gasteiger partial charge in [0.1, 0.15) is 0 Å². The number of nitrogen functional groups attached to an aromatic ring is 1. The van der Waals surface area contributed by atoms with Gasteiger partial charge in [-0.15, -0.1) is 0 Å². The summed E-state index contributed by atoms with van der Waals surface area (Å²) in [6.45, 7) is 0. The van der Waals surface area contributed by atoms with Crippen molar-refractivity contribution in [1.29, 1.82) is 0 Å². The quantitative estimate of drug-likeness (QED) is 0.821. The standard InChI is InChI=1S/C12H9F3N2O/c13-12(14,15)9-4-2-1-3-8(9)7-5-10(16)11(18)17-6-7/h1-6H,16H2,(H,17,18). The van der Waals surface area contributed by atoms with Crippen LogP contribution in [-0.4, -0.2) is 4.98 Å². The van der Waals surface area contributed by atoms with Gasteiger partial charge < -0.3 is 10.7 Å². The Labute approximate surface area is 100 Å². The molecular formula is C12H9F3N2O. The first-order valence-electron chi connectivity index (χ1n) is 5.04. The van der Waals surface area contributed by atoms with Gasteiger partial charge in [-0.2, -0.15) is 13.2 Å². The van der Waals surface area contributed by atoms with Gasteiger partial charge in [-0.05, 0) is 17.7 Å². The van der Waals surface area contributed by atoms with E-state index in [0.29, 0.717) is 0 Å². The smallest absolute Gasteiger partial charge is 0.394 e. The molecule has 94 valence electrons. The molecule has 0 unspecified atom stereocenters. The molecule has 3 N–H and O–H groups in total. The molecule has 0 spiro atoms. The van der Waals surface area contributed by atoms with Crippen molar-refractivity contribution in [3.05, 3.63) is 52.4 Å². The van der Waals surface area contributed by atoms with E-state index in [1.807, 2.05) is 0 Å². The molecule has 1 aromatic heterocycles. The zero-order valence-electron chi connectivity index (χ0n) is 9.08. The number of pyridine rings is 1. The molecule has 1 heterocycles. The molecule has 0 fully saturated rings. The van der Waals surface area contributed by atoms with E-state index >= 15 is 0 Å². The molecule has 2 aromatic rings. The Kier molecular flexibility index (Phi) is 2.86. The number of aromatic nitrogens is 1. The lowest BCUT2D eigenvalue weighted by Crippen LogP contribution is -2.12. The zero-order chi connectivity index (χ0) is 13.3. The number of rotatable bonds is 1. The zero-order valence-corrected chi connectivity index (χ0v) is 9.08. The number of nitrogens with one attached hydrogen (secondary N) is 1. The minimum absolute atomic E-state index is 0.0204. The summed E-state index contributed by atoms with van der Waals surface area (Å²) in [5.41, 5.74) is 4.18. The third-order valence-electron chi connectivity index (χ3n) is 2.48. The molecule has 3 nitrogen and oxygen atoms in total. The van der Waals surface area contributed by atoms with Gasteiger partial charge in [0, 0.05) is 11.8 Å². The van der Waals surface area contributed by atoms with E-state index in [1.165, 1.54) is 30.5 Å². The number of halogens is 3. The van der Waals surface area contributed by atoms with Gasteiger partial charge in [0.2, 0.25) is 0 Å². The average Bonchev–Trinajstić information content (AvgIpc) is 2.32. The van der Waals surface area contributed by atoms with Crippen molar-refractivity contribution in [2.45, 2.75) is 6.18 Å². The fourth-order valence-corrected chi connectivity index (χ4v) is 1.64. The Balaban J connectivity index is 2.64. The number of benzene rings is 1. The van der Waals surface area contributed by atoms with E-state index in [9.17, 15) is 18.0 Å². The molecule has 18 heavy (non-hydrogen) atoms. The van der Waals surface area contributed by atoms with Crippen molar-refractivity contribution in [1.82, 2.24) is 4.98 Å². The van der Waals surface area contributed by atoms with Crippen molar-refractivity contribution in [3.8, 4) is 11.1 Å². The van der Waals surface area contributed by atoms with Crippen LogP contribution < -0.4 is 11.3 Å². The van der Waals surface area contributed by atoms with Crippen molar-refractivity contribution in [2.24, 2.45) is 0 Å². The van der Waals surface area contributed by atoms with Crippen LogP contribution in [-0.2, 0) is 6.18 Å². The normalized spacial score (nSPS) is 11.5. The lowest BCUT2D eigenvalue weighted by molar-refractivity contribution is -0.137. The maximum absolute atomic E-state index is 12.8. The predicted octanol–water partition coefficient (Wildman–Crippen LogP) is 2.64. The summed E-state index contributed by atoms with van der Waals surface area (Å²) in [5.74, 6) is 0. The molecule has 0 aliphatic carbocycles. The third kappa shape index (κ3) is 2.22. The highest BCUT2D eigenvalue weighted by Gasteiger charge is 2.33. The van der Waals surface area contributed by atoms with Crippen LogP contribution in [0.15, 0.2) is 41.3 Å². The minimum Gasteiger partial charge on any atom is -0.394 e. The van der Waals surface area contributed by atoms with Crippen LogP contribution in [0.5, 0.6) is 0 Å². The summed E-state index contributed by atoms with van der Waals surface area (Å²) in [5, 5.41) is 0. The number of hydrogen-bond acceptors (Lipinski definition) is 2. The number of hydrogen-bond donors (Lipinski definition) is 2. The number of anilines is 1. The Morgan fingerprint density at radius 1 is 1.17 bits per heavy atom. The van der Waals surface area contributed by atoms with E-state index in [-0.39, 0.29) is 16.8 Å². The van der Waals surface area contributed by atoms with E-state index in [4.69, 9.17) is 5.73 Å². The van der Waals surface area contributed by atoms with Gasteiger partial charge in [-0.3, -0.25) is 4.79 Å². The summed E-state index contributed by atoms with van der Waals surface area (Å²) in [6, 6.07) is 6.34. The second-order valence-corrected chi connectivity index (χ2v) is 3.72. The second kappa shape index (κ2) is 4.21. The highest BCUT2D eigenvalue weighted by molar-refractivity contribution is 5.69. The molecule has 2 rings (SSSR count). The predicted molar refractivity (Wildman–Crippen MR) is 61.9 cm³/mol. The molecule has 0 amide bonds. The number of H-pyrrole nitrogens is 1. The van der Waals surface area contributed by atoms with Gasteiger partial charge in [0.25, 0.3) is 5.56 Å². The van der Waals surface area contributed by atoms with Crippen LogP contribution in [0.2, 0.25) is 0 Å². The van der Waals surface area contributed by atoms with Crippen LogP contribution in [0, 0.1) is 0 Å². The van der Waals surface area contributed by atoms with Gasteiger partial charge >= 0.3 is 6.18 Å². The van der Waals surface area contributed by atoms with E-state index in [2.05, 4.69) is 4.98 Å². The van der Waals surface area contributed by atoms with Gasteiger partial charge in [0.05, 0.1) is 11.3 Å². The molecule has 0 aliphatic heterocycles. The monoisotopic (exact) mass is 254 g/mol. The molecule has 0 radical (unpaired) electrons. The molecule has 0 saturated heterocycles. The highest BCUT2D eigenvalue weighted by Crippen LogP contribution is 2.36. The van der Waals surface area contributed by atoms with E-state index in [1.54, 1.807) is 0 Å². The van der Waals surface area contributed by atoms with E-state index in [0.717, 1.165) is 6.07 Å². The van der Waals surface area contributed by atoms with Gasteiger partial charge in [-0.1, -0.05) is 18.2 Å². The summed E-state index contributed by atoms with van der Waals surface area (Å²) in [4.78, 5) is 13.4. The molecule has 0 aliphatic rings. The van der Waals surface area contributed by atoms with Gasteiger partial charge in [0.15, 0.2) is 0 Å². The first-order valence-corrected chi connectivity index (χ1v) is 5.04. The molecular weight excluding hydrogens is 245 g/mol. The Morgan fingerprint density at radius 3 is 2.44 bits per heavy atom. The second-order valence-electron chi connectivity index (χ2n) is 3.72.